The van der Waals surface area contributed by atoms with Crippen LogP contribution in [-0.2, 0) is 9.84 Å². The molecule has 1 atom stereocenters. The largest absolute Gasteiger partial charge is 0.497 e. The quantitative estimate of drug-likeness (QED) is 0.842. The summed E-state index contributed by atoms with van der Waals surface area (Å²) < 4.78 is 28.6. The van der Waals surface area contributed by atoms with Gasteiger partial charge in [-0.3, -0.25) is 0 Å². The van der Waals surface area contributed by atoms with Gasteiger partial charge in [0.15, 0.2) is 9.84 Å². The lowest BCUT2D eigenvalue weighted by Crippen LogP contribution is -2.16. The standard InChI is InChI=1S/C11H16O4S/c1-9(7-12)8-16(13,14)11-5-3-10(15-2)4-6-11/h3-6,9,12H,7-8H2,1-2H3/t9-/m1/s1. The van der Waals surface area contributed by atoms with E-state index in [9.17, 15) is 8.42 Å². The van der Waals surface area contributed by atoms with Crippen LogP contribution >= 0.6 is 0 Å². The fraction of sp³-hybridized carbons (Fsp3) is 0.455. The van der Waals surface area contributed by atoms with Crippen molar-refractivity contribution in [3.05, 3.63) is 24.3 Å². The molecule has 5 heteroatoms. The van der Waals surface area contributed by atoms with Crippen molar-refractivity contribution in [2.45, 2.75) is 11.8 Å². The molecule has 0 fully saturated rings. The predicted molar refractivity (Wildman–Crippen MR) is 61.3 cm³/mol. The van der Waals surface area contributed by atoms with Crippen molar-refractivity contribution in [1.29, 1.82) is 0 Å². The molecule has 0 unspecified atom stereocenters. The maximum atomic E-state index is 11.8. The molecular formula is C11H16O4S. The first kappa shape index (κ1) is 13.0. The van der Waals surface area contributed by atoms with Crippen LogP contribution in [0.1, 0.15) is 6.92 Å². The van der Waals surface area contributed by atoms with Crippen LogP contribution in [0.4, 0.5) is 0 Å². The average Bonchev–Trinajstić information content (AvgIpc) is 2.28. The normalized spacial score (nSPS) is 13.4. The van der Waals surface area contributed by atoms with Crippen molar-refractivity contribution in [2.75, 3.05) is 19.5 Å². The Morgan fingerprint density at radius 1 is 1.31 bits per heavy atom. The third kappa shape index (κ3) is 3.21. The zero-order valence-electron chi connectivity index (χ0n) is 9.38. The summed E-state index contributed by atoms with van der Waals surface area (Å²) in [5.74, 6) is 0.316. The van der Waals surface area contributed by atoms with Gasteiger partial charge in [-0.2, -0.15) is 0 Å². The number of benzene rings is 1. The van der Waals surface area contributed by atoms with Gasteiger partial charge in [-0.25, -0.2) is 8.42 Å². The Kier molecular flexibility index (Phi) is 4.32. The molecule has 90 valence electrons. The first-order chi connectivity index (χ1) is 7.49. The zero-order chi connectivity index (χ0) is 12.2. The van der Waals surface area contributed by atoms with Crippen LogP contribution in [0.3, 0.4) is 0 Å². The van der Waals surface area contributed by atoms with Crippen molar-refractivity contribution < 1.29 is 18.3 Å². The number of hydrogen-bond donors (Lipinski definition) is 1. The first-order valence-electron chi connectivity index (χ1n) is 4.97. The number of aliphatic hydroxyl groups is 1. The van der Waals surface area contributed by atoms with Crippen LogP contribution in [0.2, 0.25) is 0 Å². The average molecular weight is 244 g/mol. The zero-order valence-corrected chi connectivity index (χ0v) is 10.2. The fourth-order valence-electron chi connectivity index (χ4n) is 1.31. The van der Waals surface area contributed by atoms with Crippen molar-refractivity contribution in [1.82, 2.24) is 0 Å². The second-order valence-electron chi connectivity index (χ2n) is 3.74. The molecule has 0 saturated heterocycles. The molecule has 0 aliphatic rings. The molecule has 0 aliphatic carbocycles. The molecule has 0 amide bonds. The molecule has 0 saturated carbocycles. The minimum atomic E-state index is -3.31. The van der Waals surface area contributed by atoms with E-state index in [1.807, 2.05) is 0 Å². The monoisotopic (exact) mass is 244 g/mol. The van der Waals surface area contributed by atoms with Gasteiger partial charge in [0.2, 0.25) is 0 Å². The van der Waals surface area contributed by atoms with Crippen molar-refractivity contribution in [3.8, 4) is 5.75 Å². The van der Waals surface area contributed by atoms with Gasteiger partial charge >= 0.3 is 0 Å². The van der Waals surface area contributed by atoms with Crippen LogP contribution in [0.15, 0.2) is 29.2 Å². The maximum Gasteiger partial charge on any atom is 0.178 e. The molecule has 0 aromatic heterocycles. The minimum absolute atomic E-state index is 0.0458. The highest BCUT2D eigenvalue weighted by atomic mass is 32.2. The Morgan fingerprint density at radius 2 is 1.88 bits per heavy atom. The number of ether oxygens (including phenoxy) is 1. The molecule has 16 heavy (non-hydrogen) atoms. The summed E-state index contributed by atoms with van der Waals surface area (Å²) in [6.07, 6.45) is 0. The molecule has 0 radical (unpaired) electrons. The van der Waals surface area contributed by atoms with E-state index in [-0.39, 0.29) is 23.2 Å². The highest BCUT2D eigenvalue weighted by molar-refractivity contribution is 7.91. The van der Waals surface area contributed by atoms with Crippen LogP contribution in [0, 0.1) is 5.92 Å². The SMILES string of the molecule is COc1ccc(S(=O)(=O)C[C@H](C)CO)cc1. The first-order valence-corrected chi connectivity index (χ1v) is 6.62. The summed E-state index contributed by atoms with van der Waals surface area (Å²) in [6, 6.07) is 6.24. The second-order valence-corrected chi connectivity index (χ2v) is 5.78. The van der Waals surface area contributed by atoms with E-state index < -0.39 is 9.84 Å². The summed E-state index contributed by atoms with van der Waals surface area (Å²) >= 11 is 0. The third-order valence-electron chi connectivity index (χ3n) is 2.23. The van der Waals surface area contributed by atoms with Gasteiger partial charge in [0.1, 0.15) is 5.75 Å². The number of methoxy groups -OCH3 is 1. The third-order valence-corrected chi connectivity index (χ3v) is 4.23. The highest BCUT2D eigenvalue weighted by Gasteiger charge is 2.17. The maximum absolute atomic E-state index is 11.8. The Morgan fingerprint density at radius 3 is 2.31 bits per heavy atom. The smallest absolute Gasteiger partial charge is 0.178 e. The van der Waals surface area contributed by atoms with Crippen LogP contribution in [0.25, 0.3) is 0 Å². The van der Waals surface area contributed by atoms with E-state index in [0.29, 0.717) is 5.75 Å². The number of rotatable bonds is 5. The van der Waals surface area contributed by atoms with Gasteiger partial charge in [0.05, 0.1) is 17.8 Å². The van der Waals surface area contributed by atoms with E-state index in [0.717, 1.165) is 0 Å². The lowest BCUT2D eigenvalue weighted by Gasteiger charge is -2.09. The Bertz CT molecular complexity index is 422. The summed E-state index contributed by atoms with van der Waals surface area (Å²) in [6.45, 7) is 1.57. The van der Waals surface area contributed by atoms with Crippen molar-refractivity contribution in [3.63, 3.8) is 0 Å². The molecule has 1 rings (SSSR count). The van der Waals surface area contributed by atoms with Crippen molar-refractivity contribution in [2.24, 2.45) is 5.92 Å². The van der Waals surface area contributed by atoms with Gasteiger partial charge in [-0.05, 0) is 30.2 Å². The van der Waals surface area contributed by atoms with E-state index in [1.54, 1.807) is 19.1 Å². The van der Waals surface area contributed by atoms with Gasteiger partial charge in [-0.1, -0.05) is 6.92 Å². The van der Waals surface area contributed by atoms with E-state index >= 15 is 0 Å². The lowest BCUT2D eigenvalue weighted by atomic mass is 10.2. The van der Waals surface area contributed by atoms with Crippen LogP contribution < -0.4 is 4.74 Å². The van der Waals surface area contributed by atoms with Gasteiger partial charge in [0, 0.05) is 6.61 Å². The summed E-state index contributed by atoms with van der Waals surface area (Å²) in [4.78, 5) is 0.258. The fourth-order valence-corrected chi connectivity index (χ4v) is 2.90. The Balaban J connectivity index is 2.90. The molecule has 1 aromatic rings. The summed E-state index contributed by atoms with van der Waals surface area (Å²) in [5.41, 5.74) is 0. The Labute approximate surface area is 95.8 Å². The number of sulfone groups is 1. The Hall–Kier alpha value is -1.07. The number of hydrogen-bond acceptors (Lipinski definition) is 4. The molecule has 1 N–H and O–H groups in total. The van der Waals surface area contributed by atoms with Gasteiger partial charge in [-0.15, -0.1) is 0 Å². The molecular weight excluding hydrogens is 228 g/mol. The van der Waals surface area contributed by atoms with E-state index in [1.165, 1.54) is 19.2 Å². The molecule has 1 aromatic carbocycles. The molecule has 0 spiro atoms. The number of aliphatic hydroxyl groups excluding tert-OH is 1. The van der Waals surface area contributed by atoms with Gasteiger partial charge < -0.3 is 9.84 Å². The minimum Gasteiger partial charge on any atom is -0.497 e. The van der Waals surface area contributed by atoms with E-state index in [4.69, 9.17) is 9.84 Å². The molecule has 0 bridgehead atoms. The summed E-state index contributed by atoms with van der Waals surface area (Å²) in [7, 11) is -1.79. The lowest BCUT2D eigenvalue weighted by molar-refractivity contribution is 0.249. The van der Waals surface area contributed by atoms with Crippen LogP contribution in [-0.4, -0.2) is 33.0 Å². The van der Waals surface area contributed by atoms with Gasteiger partial charge in [0.25, 0.3) is 0 Å². The highest BCUT2D eigenvalue weighted by Crippen LogP contribution is 2.18. The second kappa shape index (κ2) is 5.32. The molecule has 0 aliphatic heterocycles. The van der Waals surface area contributed by atoms with E-state index in [2.05, 4.69) is 0 Å². The molecule has 0 heterocycles. The summed E-state index contributed by atoms with van der Waals surface area (Å²) in [5, 5.41) is 8.84. The predicted octanol–water partition coefficient (Wildman–Crippen LogP) is 1.10. The topological polar surface area (TPSA) is 63.6 Å². The van der Waals surface area contributed by atoms with Crippen molar-refractivity contribution >= 4 is 9.84 Å². The molecule has 4 nitrogen and oxygen atoms in total. The van der Waals surface area contributed by atoms with Crippen LogP contribution in [0.5, 0.6) is 5.75 Å².